The lowest BCUT2D eigenvalue weighted by Gasteiger charge is -2.12. The normalized spacial score (nSPS) is 22.9. The van der Waals surface area contributed by atoms with E-state index in [1.807, 2.05) is 0 Å². The van der Waals surface area contributed by atoms with Crippen LogP contribution in [0, 0.1) is 0 Å². The minimum Gasteiger partial charge on any atom is -0.462 e. The summed E-state index contributed by atoms with van der Waals surface area (Å²) in [7, 11) is -0.283. The molecule has 2 atom stereocenters. The third-order valence-corrected chi connectivity index (χ3v) is 6.69. The van der Waals surface area contributed by atoms with Crippen molar-refractivity contribution in [3.63, 3.8) is 0 Å². The maximum absolute atomic E-state index is 5.68. The molecule has 1 aliphatic heterocycles. The molecule has 1 aromatic rings. The maximum Gasteiger partial charge on any atom is 0.197 e. The molecular formula is C9H14O2Si2. The maximum atomic E-state index is 5.68. The SMILES string of the molecule is [SiH3]O[SiH](CC1CO1)c1ccccc1. The van der Waals surface area contributed by atoms with E-state index in [2.05, 4.69) is 30.3 Å². The Balaban J connectivity index is 2.02. The average molecular weight is 210 g/mol. The Labute approximate surface area is 83.1 Å². The molecule has 0 amide bonds. The van der Waals surface area contributed by atoms with Crippen molar-refractivity contribution in [1.82, 2.24) is 0 Å². The highest BCUT2D eigenvalue weighted by molar-refractivity contribution is 6.70. The predicted molar refractivity (Wildman–Crippen MR) is 58.8 cm³/mol. The fourth-order valence-corrected chi connectivity index (χ4v) is 5.01. The number of hydrogen-bond donors (Lipinski definition) is 0. The summed E-state index contributed by atoms with van der Waals surface area (Å²) in [5, 5.41) is 1.41. The Bertz CT molecular complexity index is 262. The van der Waals surface area contributed by atoms with Crippen molar-refractivity contribution in [2.75, 3.05) is 6.61 Å². The van der Waals surface area contributed by atoms with Crippen LogP contribution >= 0.6 is 0 Å². The molecule has 2 nitrogen and oxygen atoms in total. The molecule has 1 heterocycles. The van der Waals surface area contributed by atoms with Crippen LogP contribution in [0.3, 0.4) is 0 Å². The van der Waals surface area contributed by atoms with Gasteiger partial charge in [0, 0.05) is 0 Å². The van der Waals surface area contributed by atoms with Gasteiger partial charge in [-0.3, -0.25) is 0 Å². The number of epoxide rings is 1. The second kappa shape index (κ2) is 4.19. The molecule has 2 rings (SSSR count). The first-order chi connectivity index (χ1) is 6.40. The Morgan fingerprint density at radius 2 is 2.15 bits per heavy atom. The fourth-order valence-electron chi connectivity index (χ4n) is 1.48. The molecule has 1 aromatic carbocycles. The number of rotatable bonds is 4. The monoisotopic (exact) mass is 210 g/mol. The van der Waals surface area contributed by atoms with Crippen LogP contribution in [0.25, 0.3) is 0 Å². The van der Waals surface area contributed by atoms with Gasteiger partial charge in [-0.15, -0.1) is 0 Å². The van der Waals surface area contributed by atoms with Crippen LogP contribution in [0.4, 0.5) is 0 Å². The van der Waals surface area contributed by atoms with Gasteiger partial charge in [0.05, 0.1) is 12.7 Å². The van der Waals surface area contributed by atoms with Crippen molar-refractivity contribution in [3.8, 4) is 0 Å². The predicted octanol–water partition coefficient (Wildman–Crippen LogP) is -0.687. The third kappa shape index (κ3) is 2.51. The molecular weight excluding hydrogens is 196 g/mol. The van der Waals surface area contributed by atoms with Crippen molar-refractivity contribution in [3.05, 3.63) is 30.3 Å². The van der Waals surface area contributed by atoms with E-state index in [4.69, 9.17) is 8.85 Å². The van der Waals surface area contributed by atoms with Crippen LogP contribution in [0.2, 0.25) is 6.04 Å². The highest BCUT2D eigenvalue weighted by Gasteiger charge is 2.28. The Kier molecular flexibility index (Phi) is 2.95. The van der Waals surface area contributed by atoms with E-state index in [0.29, 0.717) is 6.10 Å². The van der Waals surface area contributed by atoms with Crippen LogP contribution < -0.4 is 5.19 Å². The van der Waals surface area contributed by atoms with E-state index < -0.39 is 9.04 Å². The van der Waals surface area contributed by atoms with Gasteiger partial charge in [-0.05, 0) is 11.2 Å². The summed E-state index contributed by atoms with van der Waals surface area (Å²) in [4.78, 5) is 0. The van der Waals surface area contributed by atoms with Crippen molar-refractivity contribution in [2.45, 2.75) is 12.1 Å². The van der Waals surface area contributed by atoms with Gasteiger partial charge >= 0.3 is 0 Å². The van der Waals surface area contributed by atoms with Crippen LogP contribution in [-0.4, -0.2) is 32.2 Å². The molecule has 1 saturated heterocycles. The molecule has 1 fully saturated rings. The summed E-state index contributed by atoms with van der Waals surface area (Å²) in [5.41, 5.74) is 0. The van der Waals surface area contributed by atoms with Crippen molar-refractivity contribution in [1.29, 1.82) is 0 Å². The topological polar surface area (TPSA) is 21.8 Å². The highest BCUT2D eigenvalue weighted by Crippen LogP contribution is 2.16. The van der Waals surface area contributed by atoms with E-state index in [0.717, 1.165) is 23.1 Å². The van der Waals surface area contributed by atoms with Gasteiger partial charge in [0.25, 0.3) is 0 Å². The standard InChI is InChI=1S/C9H14O2Si2/c12-11-13(7-8-6-10-8)9-4-2-1-3-5-9/h1-5,8,13H,6-7H2,12H3. The molecule has 4 heteroatoms. The second-order valence-corrected chi connectivity index (χ2v) is 7.33. The van der Waals surface area contributed by atoms with E-state index >= 15 is 0 Å². The van der Waals surface area contributed by atoms with Crippen LogP contribution in [0.5, 0.6) is 0 Å². The van der Waals surface area contributed by atoms with E-state index in [-0.39, 0.29) is 0 Å². The lowest BCUT2D eigenvalue weighted by molar-refractivity contribution is 0.418. The Hall–Kier alpha value is -0.426. The first kappa shape index (κ1) is 9.14. The van der Waals surface area contributed by atoms with E-state index in [1.54, 1.807) is 0 Å². The van der Waals surface area contributed by atoms with Crippen LogP contribution in [-0.2, 0) is 8.85 Å². The summed E-state index contributed by atoms with van der Waals surface area (Å²) >= 11 is 0. The fraction of sp³-hybridized carbons (Fsp3) is 0.333. The van der Waals surface area contributed by atoms with Gasteiger partial charge < -0.3 is 8.85 Å². The first-order valence-corrected chi connectivity index (χ1v) is 7.27. The van der Waals surface area contributed by atoms with Crippen LogP contribution in [0.15, 0.2) is 30.3 Å². The van der Waals surface area contributed by atoms with Gasteiger partial charge in [0.15, 0.2) is 9.04 Å². The second-order valence-electron chi connectivity index (χ2n) is 3.33. The summed E-state index contributed by atoms with van der Waals surface area (Å²) in [5.74, 6) is 0. The van der Waals surface area contributed by atoms with E-state index in [9.17, 15) is 0 Å². The molecule has 0 spiro atoms. The molecule has 70 valence electrons. The van der Waals surface area contributed by atoms with E-state index in [1.165, 1.54) is 5.19 Å². The van der Waals surface area contributed by atoms with Gasteiger partial charge in [-0.2, -0.15) is 0 Å². The molecule has 0 N–H and O–H groups in total. The van der Waals surface area contributed by atoms with Crippen LogP contribution in [0.1, 0.15) is 0 Å². The Morgan fingerprint density at radius 3 is 2.69 bits per heavy atom. The minimum atomic E-state index is -1.13. The summed E-state index contributed by atoms with van der Waals surface area (Å²) in [6.45, 7) is 0.946. The average Bonchev–Trinajstić information content (AvgIpc) is 2.99. The highest BCUT2D eigenvalue weighted by atomic mass is 28.3. The largest absolute Gasteiger partial charge is 0.462 e. The van der Waals surface area contributed by atoms with Crippen molar-refractivity contribution < 1.29 is 8.85 Å². The number of hydrogen-bond acceptors (Lipinski definition) is 2. The molecule has 0 saturated carbocycles. The van der Waals surface area contributed by atoms with Crippen molar-refractivity contribution in [2.24, 2.45) is 0 Å². The lowest BCUT2D eigenvalue weighted by Crippen LogP contribution is -2.33. The first-order valence-electron chi connectivity index (χ1n) is 4.59. The summed E-state index contributed by atoms with van der Waals surface area (Å²) in [6, 6.07) is 11.7. The number of benzene rings is 1. The summed E-state index contributed by atoms with van der Waals surface area (Å²) in [6.07, 6.45) is 0.505. The Morgan fingerprint density at radius 1 is 1.46 bits per heavy atom. The van der Waals surface area contributed by atoms with Gasteiger partial charge in [0.2, 0.25) is 0 Å². The molecule has 0 radical (unpaired) electrons. The number of ether oxygens (including phenoxy) is 1. The summed E-state index contributed by atoms with van der Waals surface area (Å²) < 4.78 is 10.9. The molecule has 1 aliphatic rings. The zero-order chi connectivity index (χ0) is 9.10. The zero-order valence-corrected chi connectivity index (χ0v) is 10.9. The molecule has 0 bridgehead atoms. The molecule has 0 aliphatic carbocycles. The molecule has 13 heavy (non-hydrogen) atoms. The van der Waals surface area contributed by atoms with Gasteiger partial charge in [-0.1, -0.05) is 30.3 Å². The zero-order valence-electron chi connectivity index (χ0n) is 7.77. The van der Waals surface area contributed by atoms with Gasteiger partial charge in [0.1, 0.15) is 10.5 Å². The van der Waals surface area contributed by atoms with Gasteiger partial charge in [-0.25, -0.2) is 0 Å². The molecule has 0 aromatic heterocycles. The smallest absolute Gasteiger partial charge is 0.197 e. The lowest BCUT2D eigenvalue weighted by atomic mass is 10.4. The third-order valence-electron chi connectivity index (χ3n) is 2.34. The quantitative estimate of drug-likeness (QED) is 0.485. The van der Waals surface area contributed by atoms with Crippen molar-refractivity contribution >= 4 is 24.7 Å². The molecule has 2 unspecified atom stereocenters. The minimum absolute atomic E-state index is 0.505.